The zero-order valence-corrected chi connectivity index (χ0v) is 17.6. The fourth-order valence-corrected chi connectivity index (χ4v) is 3.86. The van der Waals surface area contributed by atoms with Gasteiger partial charge in [-0.05, 0) is 24.0 Å². The molecule has 0 aromatic heterocycles. The highest BCUT2D eigenvalue weighted by Crippen LogP contribution is 2.17. The third-order valence-corrected chi connectivity index (χ3v) is 5.59. The summed E-state index contributed by atoms with van der Waals surface area (Å²) in [6.45, 7) is 1.05. The molecule has 0 saturated heterocycles. The summed E-state index contributed by atoms with van der Waals surface area (Å²) in [5.74, 6) is -0.271. The summed E-state index contributed by atoms with van der Waals surface area (Å²) in [4.78, 5) is 12.6. The van der Waals surface area contributed by atoms with Crippen molar-refractivity contribution in [3.05, 3.63) is 47.2 Å². The Labute approximate surface area is 175 Å². The summed E-state index contributed by atoms with van der Waals surface area (Å²) >= 11 is 0. The molecule has 0 atom stereocenters. The van der Waals surface area contributed by atoms with Gasteiger partial charge in [-0.15, -0.1) is 0 Å². The molecule has 1 aliphatic rings. The molecule has 158 valence electrons. The van der Waals surface area contributed by atoms with Crippen LogP contribution in [-0.2, 0) is 17.9 Å². The number of hydrogen-bond acceptors (Lipinski definition) is 4. The van der Waals surface area contributed by atoms with Crippen LogP contribution in [-0.4, -0.2) is 11.9 Å². The van der Waals surface area contributed by atoms with Gasteiger partial charge in [0.1, 0.15) is 11.6 Å². The van der Waals surface area contributed by atoms with E-state index >= 15 is 0 Å². The summed E-state index contributed by atoms with van der Waals surface area (Å²) in [6, 6.07) is 10.2. The van der Waals surface area contributed by atoms with Crippen molar-refractivity contribution in [3.8, 4) is 6.07 Å². The number of carbonyl (C=O) groups is 1. The Morgan fingerprint density at radius 1 is 1.03 bits per heavy atom. The zero-order valence-electron chi connectivity index (χ0n) is 17.6. The summed E-state index contributed by atoms with van der Waals surface area (Å²) in [5.41, 5.74) is 7.94. The van der Waals surface area contributed by atoms with Gasteiger partial charge in [0, 0.05) is 25.3 Å². The first kappa shape index (κ1) is 23.0. The predicted octanol–water partition coefficient (Wildman–Crippen LogP) is 4.43. The number of hydrogen-bond donors (Lipinski definition) is 3. The highest BCUT2D eigenvalue weighted by Gasteiger charge is 2.16. The van der Waals surface area contributed by atoms with Crippen molar-refractivity contribution < 1.29 is 4.79 Å². The Bertz CT molecular complexity index is 680. The Balaban J connectivity index is 1.86. The van der Waals surface area contributed by atoms with Gasteiger partial charge in [0.25, 0.3) is 5.91 Å². The number of amides is 1. The second kappa shape index (κ2) is 13.8. The maximum absolute atomic E-state index is 12.6. The minimum atomic E-state index is -0.271. The zero-order chi connectivity index (χ0) is 20.7. The van der Waals surface area contributed by atoms with Gasteiger partial charge >= 0.3 is 0 Å². The topological polar surface area (TPSA) is 90.9 Å². The van der Waals surface area contributed by atoms with E-state index < -0.39 is 0 Å². The van der Waals surface area contributed by atoms with E-state index in [0.717, 1.165) is 36.8 Å². The van der Waals surface area contributed by atoms with Gasteiger partial charge in [0.15, 0.2) is 0 Å². The largest absolute Gasteiger partial charge is 0.386 e. The molecule has 0 spiro atoms. The molecule has 0 heterocycles. The smallest absolute Gasteiger partial charge is 0.263 e. The van der Waals surface area contributed by atoms with Gasteiger partial charge in [0.2, 0.25) is 0 Å². The predicted molar refractivity (Wildman–Crippen MR) is 118 cm³/mol. The van der Waals surface area contributed by atoms with E-state index in [1.54, 1.807) is 0 Å². The van der Waals surface area contributed by atoms with Crippen molar-refractivity contribution in [2.75, 3.05) is 0 Å². The average molecular weight is 397 g/mol. The van der Waals surface area contributed by atoms with Crippen LogP contribution in [0, 0.1) is 11.3 Å². The van der Waals surface area contributed by atoms with E-state index in [2.05, 4.69) is 10.6 Å². The molecule has 2 rings (SSSR count). The Morgan fingerprint density at radius 3 is 2.21 bits per heavy atom. The molecule has 0 aliphatic heterocycles. The number of nitriles is 1. The number of carbonyl (C=O) groups excluding carboxylic acids is 1. The fourth-order valence-electron chi connectivity index (χ4n) is 3.86. The molecule has 1 amide bonds. The lowest BCUT2D eigenvalue weighted by Crippen LogP contribution is -2.36. The highest BCUT2D eigenvalue weighted by molar-refractivity contribution is 5.97. The minimum Gasteiger partial charge on any atom is -0.386 e. The molecule has 1 saturated carbocycles. The Hall–Kier alpha value is -2.32. The molecule has 0 radical (unpaired) electrons. The van der Waals surface area contributed by atoms with Crippen molar-refractivity contribution in [2.45, 2.75) is 89.8 Å². The number of nitrogens with zero attached hydrogens (tertiary/aromatic N) is 1. The van der Waals surface area contributed by atoms with E-state index in [4.69, 9.17) is 5.73 Å². The summed E-state index contributed by atoms with van der Waals surface area (Å²) in [6.07, 6.45) is 14.9. The van der Waals surface area contributed by atoms with Crippen molar-refractivity contribution in [3.63, 3.8) is 0 Å². The van der Waals surface area contributed by atoms with E-state index in [1.165, 1.54) is 51.1 Å². The average Bonchev–Trinajstić information content (AvgIpc) is 2.73. The molecule has 1 aliphatic carbocycles. The number of nitrogens with one attached hydrogen (secondary N) is 2. The van der Waals surface area contributed by atoms with Crippen molar-refractivity contribution >= 4 is 5.91 Å². The van der Waals surface area contributed by atoms with Crippen LogP contribution in [0.4, 0.5) is 0 Å². The standard InChI is InChI=1S/C24H36N4O/c25-16-20-11-10-12-21(15-20)18-27-19-22(17-26)24(29)28-23-13-8-6-4-2-1-3-5-7-9-14-23/h10-12,15,19,23,27H,1-9,13-14,16,18,25H2,(H,28,29)/b22-19-. The number of benzene rings is 1. The van der Waals surface area contributed by atoms with Gasteiger partial charge in [-0.1, -0.05) is 82.1 Å². The van der Waals surface area contributed by atoms with Crippen LogP contribution in [0.1, 0.15) is 81.8 Å². The van der Waals surface area contributed by atoms with Crippen LogP contribution >= 0.6 is 0 Å². The monoisotopic (exact) mass is 396 g/mol. The normalized spacial score (nSPS) is 17.4. The van der Waals surface area contributed by atoms with E-state index in [-0.39, 0.29) is 17.5 Å². The first-order chi connectivity index (χ1) is 14.2. The second-order valence-corrected chi connectivity index (χ2v) is 8.00. The first-order valence-corrected chi connectivity index (χ1v) is 11.2. The van der Waals surface area contributed by atoms with Gasteiger partial charge in [0.05, 0.1) is 0 Å². The lowest BCUT2D eigenvalue weighted by Gasteiger charge is -2.19. The molecule has 5 heteroatoms. The van der Waals surface area contributed by atoms with Crippen molar-refractivity contribution in [1.29, 1.82) is 5.26 Å². The molecule has 29 heavy (non-hydrogen) atoms. The number of nitrogens with two attached hydrogens (primary N) is 1. The maximum Gasteiger partial charge on any atom is 0.263 e. The Kier molecular flexibility index (Phi) is 10.9. The summed E-state index contributed by atoms with van der Waals surface area (Å²) in [5, 5.41) is 15.6. The third kappa shape index (κ3) is 9.15. The lowest BCUT2D eigenvalue weighted by molar-refractivity contribution is -0.117. The van der Waals surface area contributed by atoms with Crippen LogP contribution < -0.4 is 16.4 Å². The SMILES string of the molecule is N#C/C(=C/NCc1cccc(CN)c1)C(=O)NC1CCCCCCCCCCC1. The molecule has 1 aromatic rings. The first-order valence-electron chi connectivity index (χ1n) is 11.2. The van der Waals surface area contributed by atoms with Crippen LogP contribution in [0.5, 0.6) is 0 Å². The highest BCUT2D eigenvalue weighted by atomic mass is 16.1. The van der Waals surface area contributed by atoms with Crippen LogP contribution in [0.25, 0.3) is 0 Å². The van der Waals surface area contributed by atoms with Crippen molar-refractivity contribution in [1.82, 2.24) is 10.6 Å². The van der Waals surface area contributed by atoms with E-state index in [9.17, 15) is 10.1 Å². The van der Waals surface area contributed by atoms with Gasteiger partial charge in [-0.25, -0.2) is 0 Å². The van der Waals surface area contributed by atoms with Gasteiger partial charge in [-0.2, -0.15) is 5.26 Å². The second-order valence-electron chi connectivity index (χ2n) is 8.00. The van der Waals surface area contributed by atoms with Gasteiger partial charge < -0.3 is 16.4 Å². The summed E-state index contributed by atoms with van der Waals surface area (Å²) < 4.78 is 0. The molecule has 4 N–H and O–H groups in total. The van der Waals surface area contributed by atoms with Crippen LogP contribution in [0.15, 0.2) is 36.0 Å². The molecule has 1 fully saturated rings. The van der Waals surface area contributed by atoms with Crippen LogP contribution in [0.2, 0.25) is 0 Å². The lowest BCUT2D eigenvalue weighted by atomic mass is 9.98. The van der Waals surface area contributed by atoms with Crippen LogP contribution in [0.3, 0.4) is 0 Å². The molecule has 0 unspecified atom stereocenters. The van der Waals surface area contributed by atoms with E-state index in [0.29, 0.717) is 13.1 Å². The molecular weight excluding hydrogens is 360 g/mol. The number of rotatable bonds is 6. The van der Waals surface area contributed by atoms with E-state index in [1.807, 2.05) is 30.3 Å². The molecule has 5 nitrogen and oxygen atoms in total. The minimum absolute atomic E-state index is 0.131. The third-order valence-electron chi connectivity index (χ3n) is 5.59. The quantitative estimate of drug-likeness (QED) is 0.490. The van der Waals surface area contributed by atoms with Crippen molar-refractivity contribution in [2.24, 2.45) is 5.73 Å². The fraction of sp³-hybridized carbons (Fsp3) is 0.583. The van der Waals surface area contributed by atoms with Gasteiger partial charge in [-0.3, -0.25) is 4.79 Å². The summed E-state index contributed by atoms with van der Waals surface area (Å²) in [7, 11) is 0. The molecular formula is C24H36N4O. The molecule has 0 bridgehead atoms. The Morgan fingerprint density at radius 2 is 1.62 bits per heavy atom. The molecule has 1 aromatic carbocycles. The maximum atomic E-state index is 12.6.